The molecule has 0 spiro atoms. The number of rotatable bonds is 5. The van der Waals surface area contributed by atoms with Gasteiger partial charge in [0.15, 0.2) is 0 Å². The van der Waals surface area contributed by atoms with E-state index >= 15 is 0 Å². The summed E-state index contributed by atoms with van der Waals surface area (Å²) in [6.45, 7) is 8.01. The van der Waals surface area contributed by atoms with Crippen molar-refractivity contribution in [1.29, 1.82) is 0 Å². The van der Waals surface area contributed by atoms with Crippen molar-refractivity contribution in [3.05, 3.63) is 48.2 Å². The van der Waals surface area contributed by atoms with Crippen molar-refractivity contribution in [1.82, 2.24) is 14.9 Å². The van der Waals surface area contributed by atoms with Crippen LogP contribution in [-0.4, -0.2) is 47.6 Å². The Hall–Kier alpha value is -2.14. The van der Waals surface area contributed by atoms with Gasteiger partial charge in [-0.1, -0.05) is 30.3 Å². The summed E-state index contributed by atoms with van der Waals surface area (Å²) >= 11 is 0. The smallest absolute Gasteiger partial charge is 0.227 e. The largest absolute Gasteiger partial charge is 0.370 e. The summed E-state index contributed by atoms with van der Waals surface area (Å²) in [6.07, 6.45) is 1.83. The Morgan fingerprint density at radius 2 is 1.82 bits per heavy atom. The number of anilines is 2. The molecule has 1 saturated heterocycles. The first-order valence-electron chi connectivity index (χ1n) is 7.93. The lowest BCUT2D eigenvalue weighted by Gasteiger charge is -2.34. The first kappa shape index (κ1) is 14.8. The Balaban J connectivity index is 1.56. The van der Waals surface area contributed by atoms with E-state index in [4.69, 9.17) is 0 Å². The van der Waals surface area contributed by atoms with Crippen molar-refractivity contribution in [3.63, 3.8) is 0 Å². The van der Waals surface area contributed by atoms with Crippen LogP contribution in [0.3, 0.4) is 0 Å². The summed E-state index contributed by atoms with van der Waals surface area (Å²) in [5.74, 6) is 1.73. The minimum Gasteiger partial charge on any atom is -0.370 e. The summed E-state index contributed by atoms with van der Waals surface area (Å²) in [5.41, 5.74) is 1.38. The monoisotopic (exact) mass is 297 g/mol. The van der Waals surface area contributed by atoms with E-state index in [1.165, 1.54) is 5.56 Å². The highest BCUT2D eigenvalue weighted by Gasteiger charge is 2.19. The van der Waals surface area contributed by atoms with Crippen LogP contribution in [0.5, 0.6) is 0 Å². The van der Waals surface area contributed by atoms with Crippen LogP contribution in [0.4, 0.5) is 11.8 Å². The predicted molar refractivity (Wildman–Crippen MR) is 90.1 cm³/mol. The molecule has 0 aliphatic carbocycles. The first-order valence-corrected chi connectivity index (χ1v) is 7.93. The number of nitrogens with one attached hydrogen (secondary N) is 1. The molecule has 22 heavy (non-hydrogen) atoms. The van der Waals surface area contributed by atoms with Crippen LogP contribution in [0.15, 0.2) is 42.6 Å². The average molecular weight is 297 g/mol. The number of nitrogens with zero attached hydrogens (tertiary/aromatic N) is 4. The zero-order valence-corrected chi connectivity index (χ0v) is 13.1. The standard InChI is InChI=1S/C17H23N5/c1-2-18-16-8-9-19-17(20-16)22-12-10-21(11-13-22)14-15-6-4-3-5-7-15/h3-9H,2,10-14H2,1H3,(H,18,19,20). The third kappa shape index (κ3) is 3.74. The number of hydrogen-bond acceptors (Lipinski definition) is 5. The second-order valence-corrected chi connectivity index (χ2v) is 5.52. The highest BCUT2D eigenvalue weighted by atomic mass is 15.3. The number of piperazine rings is 1. The number of benzene rings is 1. The van der Waals surface area contributed by atoms with Crippen LogP contribution >= 0.6 is 0 Å². The van der Waals surface area contributed by atoms with Crippen LogP contribution in [0.25, 0.3) is 0 Å². The van der Waals surface area contributed by atoms with Gasteiger partial charge in [-0.05, 0) is 18.6 Å². The Kier molecular flexibility index (Phi) is 4.85. The molecule has 0 radical (unpaired) electrons. The van der Waals surface area contributed by atoms with Crippen LogP contribution in [0, 0.1) is 0 Å². The summed E-state index contributed by atoms with van der Waals surface area (Å²) in [6, 6.07) is 12.6. The van der Waals surface area contributed by atoms with Crippen molar-refractivity contribution in [2.75, 3.05) is 42.9 Å². The van der Waals surface area contributed by atoms with Gasteiger partial charge in [-0.2, -0.15) is 4.98 Å². The molecule has 1 aromatic carbocycles. The second-order valence-electron chi connectivity index (χ2n) is 5.52. The van der Waals surface area contributed by atoms with Crippen molar-refractivity contribution < 1.29 is 0 Å². The van der Waals surface area contributed by atoms with Crippen molar-refractivity contribution in [3.8, 4) is 0 Å². The zero-order valence-electron chi connectivity index (χ0n) is 13.1. The maximum absolute atomic E-state index is 4.58. The maximum Gasteiger partial charge on any atom is 0.227 e. The fourth-order valence-corrected chi connectivity index (χ4v) is 2.73. The molecule has 3 rings (SSSR count). The average Bonchev–Trinajstić information content (AvgIpc) is 2.57. The fraction of sp³-hybridized carbons (Fsp3) is 0.412. The lowest BCUT2D eigenvalue weighted by molar-refractivity contribution is 0.248. The quantitative estimate of drug-likeness (QED) is 0.917. The molecule has 116 valence electrons. The number of hydrogen-bond donors (Lipinski definition) is 1. The van der Waals surface area contributed by atoms with E-state index in [0.29, 0.717) is 0 Å². The molecule has 0 amide bonds. The molecule has 1 fully saturated rings. The van der Waals surface area contributed by atoms with Gasteiger partial charge in [0.25, 0.3) is 0 Å². The van der Waals surface area contributed by atoms with Gasteiger partial charge in [0.1, 0.15) is 5.82 Å². The zero-order chi connectivity index (χ0) is 15.2. The van der Waals surface area contributed by atoms with E-state index in [2.05, 4.69) is 62.3 Å². The van der Waals surface area contributed by atoms with Gasteiger partial charge in [-0.15, -0.1) is 0 Å². The summed E-state index contributed by atoms with van der Waals surface area (Å²) in [5, 5.41) is 3.24. The van der Waals surface area contributed by atoms with Crippen molar-refractivity contribution >= 4 is 11.8 Å². The fourth-order valence-electron chi connectivity index (χ4n) is 2.73. The van der Waals surface area contributed by atoms with Crippen LogP contribution in [0.2, 0.25) is 0 Å². The number of aromatic nitrogens is 2. The molecular weight excluding hydrogens is 274 g/mol. The molecular formula is C17H23N5. The van der Waals surface area contributed by atoms with Gasteiger partial charge in [0.05, 0.1) is 0 Å². The predicted octanol–water partition coefficient (Wildman–Crippen LogP) is 2.23. The second kappa shape index (κ2) is 7.22. The molecule has 0 saturated carbocycles. The minimum atomic E-state index is 0.831. The lowest BCUT2D eigenvalue weighted by Crippen LogP contribution is -2.46. The van der Waals surface area contributed by atoms with Gasteiger partial charge in [0.2, 0.25) is 5.95 Å². The molecule has 0 atom stereocenters. The Morgan fingerprint density at radius 1 is 1.05 bits per heavy atom. The Labute approximate surface area is 132 Å². The molecule has 2 aromatic rings. The normalized spacial score (nSPS) is 15.8. The van der Waals surface area contributed by atoms with Gasteiger partial charge in [-0.25, -0.2) is 4.98 Å². The highest BCUT2D eigenvalue weighted by molar-refractivity contribution is 5.41. The molecule has 1 aromatic heterocycles. The van der Waals surface area contributed by atoms with E-state index in [1.807, 2.05) is 12.3 Å². The lowest BCUT2D eigenvalue weighted by atomic mass is 10.2. The third-order valence-corrected chi connectivity index (χ3v) is 3.90. The Bertz CT molecular complexity index is 579. The summed E-state index contributed by atoms with van der Waals surface area (Å²) < 4.78 is 0. The summed E-state index contributed by atoms with van der Waals surface area (Å²) in [7, 11) is 0. The molecule has 0 unspecified atom stereocenters. The van der Waals surface area contributed by atoms with Gasteiger partial charge < -0.3 is 10.2 Å². The van der Waals surface area contributed by atoms with Crippen molar-refractivity contribution in [2.24, 2.45) is 0 Å². The molecule has 1 aliphatic heterocycles. The van der Waals surface area contributed by atoms with E-state index < -0.39 is 0 Å². The van der Waals surface area contributed by atoms with Gasteiger partial charge in [-0.3, -0.25) is 4.90 Å². The minimum absolute atomic E-state index is 0.831. The maximum atomic E-state index is 4.58. The molecule has 1 aliphatic rings. The molecule has 5 heteroatoms. The molecule has 0 bridgehead atoms. The van der Waals surface area contributed by atoms with E-state index in [9.17, 15) is 0 Å². The SMILES string of the molecule is CCNc1ccnc(N2CCN(Cc3ccccc3)CC2)n1. The highest BCUT2D eigenvalue weighted by Crippen LogP contribution is 2.14. The van der Waals surface area contributed by atoms with Gasteiger partial charge in [0, 0.05) is 45.5 Å². The molecule has 1 N–H and O–H groups in total. The van der Waals surface area contributed by atoms with Crippen LogP contribution < -0.4 is 10.2 Å². The van der Waals surface area contributed by atoms with Crippen LogP contribution in [0.1, 0.15) is 12.5 Å². The summed E-state index contributed by atoms with van der Waals surface area (Å²) in [4.78, 5) is 13.7. The topological polar surface area (TPSA) is 44.3 Å². The van der Waals surface area contributed by atoms with Crippen molar-refractivity contribution in [2.45, 2.75) is 13.5 Å². The van der Waals surface area contributed by atoms with Crippen LogP contribution in [-0.2, 0) is 6.54 Å². The molecule has 2 heterocycles. The van der Waals surface area contributed by atoms with E-state index in [0.717, 1.165) is 51.0 Å². The third-order valence-electron chi connectivity index (χ3n) is 3.90. The first-order chi connectivity index (χ1) is 10.8. The van der Waals surface area contributed by atoms with E-state index in [-0.39, 0.29) is 0 Å². The van der Waals surface area contributed by atoms with E-state index in [1.54, 1.807) is 0 Å². The molecule has 5 nitrogen and oxygen atoms in total. The Morgan fingerprint density at radius 3 is 2.55 bits per heavy atom. The van der Waals surface area contributed by atoms with Gasteiger partial charge >= 0.3 is 0 Å².